The summed E-state index contributed by atoms with van der Waals surface area (Å²) in [6, 6.07) is 17.5. The van der Waals surface area contributed by atoms with Crippen LogP contribution in [0.2, 0.25) is 0 Å². The Bertz CT molecular complexity index is 1480. The number of piperazine rings is 1. The van der Waals surface area contributed by atoms with Gasteiger partial charge in [0.2, 0.25) is 20.0 Å². The Morgan fingerprint density at radius 2 is 1.46 bits per heavy atom. The van der Waals surface area contributed by atoms with Gasteiger partial charge >= 0.3 is 0 Å². The Morgan fingerprint density at radius 1 is 0.838 bits per heavy atom. The van der Waals surface area contributed by atoms with Gasteiger partial charge in [-0.15, -0.1) is 0 Å². The molecular formula is C25H27FN4O5S2. The second kappa shape index (κ2) is 10.6. The van der Waals surface area contributed by atoms with Crippen molar-refractivity contribution in [2.24, 2.45) is 0 Å². The van der Waals surface area contributed by atoms with Gasteiger partial charge in [-0.05, 0) is 66.7 Å². The number of rotatable bonds is 7. The highest BCUT2D eigenvalue weighted by molar-refractivity contribution is 7.89. The second-order valence-corrected chi connectivity index (χ2v) is 12.8. The Labute approximate surface area is 216 Å². The minimum atomic E-state index is -3.84. The van der Waals surface area contributed by atoms with Crippen molar-refractivity contribution in [3.05, 3.63) is 84.2 Å². The van der Waals surface area contributed by atoms with E-state index in [4.69, 9.17) is 0 Å². The van der Waals surface area contributed by atoms with Crippen molar-refractivity contribution in [1.29, 1.82) is 0 Å². The van der Waals surface area contributed by atoms with Crippen molar-refractivity contribution in [3.8, 4) is 0 Å². The minimum Gasteiger partial charge on any atom is -0.369 e. The molecule has 12 heteroatoms. The quantitative estimate of drug-likeness (QED) is 0.489. The zero-order valence-electron chi connectivity index (χ0n) is 20.3. The van der Waals surface area contributed by atoms with Crippen LogP contribution in [0.3, 0.4) is 0 Å². The van der Waals surface area contributed by atoms with E-state index in [0.29, 0.717) is 18.8 Å². The molecule has 1 N–H and O–H groups in total. The van der Waals surface area contributed by atoms with Gasteiger partial charge < -0.3 is 10.2 Å². The molecule has 0 bridgehead atoms. The van der Waals surface area contributed by atoms with Gasteiger partial charge in [-0.1, -0.05) is 6.07 Å². The predicted molar refractivity (Wildman–Crippen MR) is 139 cm³/mol. The van der Waals surface area contributed by atoms with Crippen LogP contribution in [0.15, 0.2) is 82.6 Å². The smallest absolute Gasteiger partial charge is 0.255 e. The summed E-state index contributed by atoms with van der Waals surface area (Å²) in [4.78, 5) is 14.9. The highest BCUT2D eigenvalue weighted by Crippen LogP contribution is 2.23. The van der Waals surface area contributed by atoms with Crippen molar-refractivity contribution in [2.75, 3.05) is 50.5 Å². The monoisotopic (exact) mass is 546 g/mol. The fourth-order valence-electron chi connectivity index (χ4n) is 3.91. The molecule has 1 aliphatic rings. The van der Waals surface area contributed by atoms with Crippen LogP contribution >= 0.6 is 0 Å². The van der Waals surface area contributed by atoms with Gasteiger partial charge in [0.1, 0.15) is 5.82 Å². The van der Waals surface area contributed by atoms with E-state index in [-0.39, 0.29) is 34.3 Å². The summed E-state index contributed by atoms with van der Waals surface area (Å²) in [5.41, 5.74) is 1.34. The summed E-state index contributed by atoms with van der Waals surface area (Å²) < 4.78 is 66.6. The average molecular weight is 547 g/mol. The van der Waals surface area contributed by atoms with E-state index < -0.39 is 26.0 Å². The number of sulfonamides is 2. The maximum atomic E-state index is 13.3. The van der Waals surface area contributed by atoms with Crippen LogP contribution < -0.4 is 10.2 Å². The SMILES string of the molecule is CN(C)S(=O)(=O)c1ccc(NC(=O)c2cccc(S(=O)(=O)N3CCN(c4ccc(F)cc4)CC3)c2)cc1. The molecule has 3 aromatic carbocycles. The van der Waals surface area contributed by atoms with Crippen molar-refractivity contribution in [2.45, 2.75) is 9.79 Å². The number of anilines is 2. The minimum absolute atomic E-state index is 0.00260. The summed E-state index contributed by atoms with van der Waals surface area (Å²) in [5.74, 6) is -0.857. The lowest BCUT2D eigenvalue weighted by Gasteiger charge is -2.35. The van der Waals surface area contributed by atoms with Crippen molar-refractivity contribution >= 4 is 37.3 Å². The lowest BCUT2D eigenvalue weighted by molar-refractivity contribution is 0.102. The molecule has 9 nitrogen and oxygen atoms in total. The molecule has 1 aliphatic heterocycles. The maximum Gasteiger partial charge on any atom is 0.255 e. The summed E-state index contributed by atoms with van der Waals surface area (Å²) in [6.45, 7) is 1.39. The van der Waals surface area contributed by atoms with E-state index in [1.807, 2.05) is 4.90 Å². The van der Waals surface area contributed by atoms with Crippen LogP contribution in [0.4, 0.5) is 15.8 Å². The van der Waals surface area contributed by atoms with Gasteiger partial charge in [0.15, 0.2) is 0 Å². The first-order chi connectivity index (χ1) is 17.5. The zero-order chi connectivity index (χ0) is 26.8. The average Bonchev–Trinajstić information content (AvgIpc) is 2.89. The number of halogens is 1. The van der Waals surface area contributed by atoms with Crippen LogP contribution in [0.5, 0.6) is 0 Å². The fourth-order valence-corrected chi connectivity index (χ4v) is 6.28. The van der Waals surface area contributed by atoms with Crippen molar-refractivity contribution in [3.63, 3.8) is 0 Å². The molecule has 0 radical (unpaired) electrons. The normalized spacial score (nSPS) is 15.1. The Kier molecular flexibility index (Phi) is 7.64. The van der Waals surface area contributed by atoms with Crippen molar-refractivity contribution < 1.29 is 26.0 Å². The number of carbonyl (C=O) groups is 1. The van der Waals surface area contributed by atoms with E-state index in [9.17, 15) is 26.0 Å². The van der Waals surface area contributed by atoms with Crippen LogP contribution in [0.1, 0.15) is 10.4 Å². The molecule has 0 aromatic heterocycles. The highest BCUT2D eigenvalue weighted by atomic mass is 32.2. The van der Waals surface area contributed by atoms with Gasteiger partial charge in [0.25, 0.3) is 5.91 Å². The molecule has 0 aliphatic carbocycles. The third-order valence-corrected chi connectivity index (χ3v) is 9.78. The third kappa shape index (κ3) is 5.82. The molecule has 0 saturated carbocycles. The number of amides is 1. The lowest BCUT2D eigenvalue weighted by Crippen LogP contribution is -2.48. The van der Waals surface area contributed by atoms with Crippen LogP contribution in [0, 0.1) is 5.82 Å². The third-order valence-electron chi connectivity index (χ3n) is 6.06. The van der Waals surface area contributed by atoms with E-state index in [1.165, 1.54) is 79.1 Å². The molecule has 0 unspecified atom stereocenters. The molecule has 1 saturated heterocycles. The molecule has 0 atom stereocenters. The standard InChI is InChI=1S/C25H27FN4O5S2/c1-28(2)36(32,33)23-12-8-21(9-13-23)27-25(31)19-4-3-5-24(18-19)37(34,35)30-16-14-29(15-17-30)22-10-6-20(26)7-11-22/h3-13,18H,14-17H2,1-2H3,(H,27,31). The largest absolute Gasteiger partial charge is 0.369 e. The number of nitrogens with zero attached hydrogens (tertiary/aromatic N) is 3. The number of hydrogen-bond acceptors (Lipinski definition) is 6. The molecule has 4 rings (SSSR count). The topological polar surface area (TPSA) is 107 Å². The Morgan fingerprint density at radius 3 is 2.05 bits per heavy atom. The van der Waals surface area contributed by atoms with E-state index in [1.54, 1.807) is 12.1 Å². The Hall–Kier alpha value is -3.32. The molecular weight excluding hydrogens is 519 g/mol. The molecule has 0 spiro atoms. The van der Waals surface area contributed by atoms with Gasteiger partial charge in [-0.2, -0.15) is 4.31 Å². The van der Waals surface area contributed by atoms with Crippen LogP contribution in [-0.2, 0) is 20.0 Å². The zero-order valence-corrected chi connectivity index (χ0v) is 22.0. The fraction of sp³-hybridized carbons (Fsp3) is 0.240. The second-order valence-electron chi connectivity index (χ2n) is 8.66. The number of benzene rings is 3. The number of carbonyl (C=O) groups excluding carboxylic acids is 1. The summed E-state index contributed by atoms with van der Waals surface area (Å²) in [6.07, 6.45) is 0. The van der Waals surface area contributed by atoms with Crippen molar-refractivity contribution in [1.82, 2.24) is 8.61 Å². The Balaban J connectivity index is 1.44. The summed E-state index contributed by atoms with van der Waals surface area (Å²) in [5, 5.41) is 2.66. The first-order valence-electron chi connectivity index (χ1n) is 11.4. The van der Waals surface area contributed by atoms with Gasteiger partial charge in [-0.3, -0.25) is 4.79 Å². The summed E-state index contributed by atoms with van der Waals surface area (Å²) in [7, 11) is -4.58. The predicted octanol–water partition coefficient (Wildman–Crippen LogP) is 2.84. The molecule has 1 amide bonds. The highest BCUT2D eigenvalue weighted by Gasteiger charge is 2.29. The molecule has 1 fully saturated rings. The first kappa shape index (κ1) is 26.7. The van der Waals surface area contributed by atoms with Gasteiger partial charge in [-0.25, -0.2) is 25.5 Å². The lowest BCUT2D eigenvalue weighted by atomic mass is 10.2. The van der Waals surface area contributed by atoms with Gasteiger partial charge in [0, 0.05) is 57.2 Å². The van der Waals surface area contributed by atoms with Crippen LogP contribution in [-0.4, -0.2) is 71.6 Å². The van der Waals surface area contributed by atoms with E-state index in [2.05, 4.69) is 5.32 Å². The van der Waals surface area contributed by atoms with E-state index >= 15 is 0 Å². The number of hydrogen-bond donors (Lipinski definition) is 1. The molecule has 196 valence electrons. The molecule has 1 heterocycles. The maximum absolute atomic E-state index is 13.3. The van der Waals surface area contributed by atoms with Crippen LogP contribution in [0.25, 0.3) is 0 Å². The first-order valence-corrected chi connectivity index (χ1v) is 14.3. The number of nitrogens with one attached hydrogen (secondary N) is 1. The molecule has 3 aromatic rings. The van der Waals surface area contributed by atoms with E-state index in [0.717, 1.165) is 9.99 Å². The summed E-state index contributed by atoms with van der Waals surface area (Å²) >= 11 is 0. The molecule has 37 heavy (non-hydrogen) atoms. The van der Waals surface area contributed by atoms with Gasteiger partial charge in [0.05, 0.1) is 9.79 Å².